The summed E-state index contributed by atoms with van der Waals surface area (Å²) >= 11 is 0. The van der Waals surface area contributed by atoms with E-state index in [1.165, 1.54) is 6.33 Å². The Balaban J connectivity index is 1.78. The first-order valence-electron chi connectivity index (χ1n) is 5.73. The van der Waals surface area contributed by atoms with Gasteiger partial charge in [-0.15, -0.1) is 0 Å². The molecule has 94 valence electrons. The minimum absolute atomic E-state index is 0.0344. The van der Waals surface area contributed by atoms with Crippen LogP contribution in [0.2, 0.25) is 0 Å². The van der Waals surface area contributed by atoms with E-state index in [1.807, 2.05) is 4.57 Å². The van der Waals surface area contributed by atoms with Crippen molar-refractivity contribution in [3.05, 3.63) is 12.7 Å². The smallest absolute Gasteiger partial charge is 0.167 e. The second kappa shape index (κ2) is 3.37. The van der Waals surface area contributed by atoms with Gasteiger partial charge in [-0.05, 0) is 0 Å². The predicted molar refractivity (Wildman–Crippen MR) is 61.4 cm³/mol. The highest BCUT2D eigenvalue weighted by Crippen LogP contribution is 2.45. The van der Waals surface area contributed by atoms with E-state index in [4.69, 9.17) is 20.9 Å². The van der Waals surface area contributed by atoms with E-state index >= 15 is 0 Å². The number of anilines is 1. The second-order valence-corrected chi connectivity index (χ2v) is 4.45. The summed E-state index contributed by atoms with van der Waals surface area (Å²) in [7, 11) is 0. The van der Waals surface area contributed by atoms with Crippen LogP contribution in [0.15, 0.2) is 12.7 Å². The number of nitrogen functional groups attached to an aromatic ring is 1. The number of ether oxygens (including phenoxy) is 2. The average Bonchev–Trinajstić information content (AvgIpc) is 2.91. The minimum atomic E-state index is -0.233. The molecule has 0 bridgehead atoms. The molecule has 2 aliphatic heterocycles. The van der Waals surface area contributed by atoms with Gasteiger partial charge in [-0.25, -0.2) is 15.0 Å². The molecule has 2 aromatic heterocycles. The summed E-state index contributed by atoms with van der Waals surface area (Å²) in [5, 5.41) is 0. The minimum Gasteiger partial charge on any atom is -0.382 e. The van der Waals surface area contributed by atoms with Gasteiger partial charge in [0, 0.05) is 6.54 Å². The van der Waals surface area contributed by atoms with Gasteiger partial charge in [0.25, 0.3) is 0 Å². The van der Waals surface area contributed by atoms with Crippen LogP contribution in [0.3, 0.4) is 0 Å². The molecule has 4 N–H and O–H groups in total. The fourth-order valence-corrected chi connectivity index (χ4v) is 2.47. The quantitative estimate of drug-likeness (QED) is 0.656. The lowest BCUT2D eigenvalue weighted by Gasteiger charge is -2.17. The van der Waals surface area contributed by atoms with Crippen molar-refractivity contribution in [2.24, 2.45) is 5.73 Å². The van der Waals surface area contributed by atoms with E-state index in [1.54, 1.807) is 6.33 Å². The first-order chi connectivity index (χ1) is 8.79. The largest absolute Gasteiger partial charge is 0.382 e. The molecule has 4 rings (SSSR count). The monoisotopic (exact) mass is 248 g/mol. The lowest BCUT2D eigenvalue weighted by Crippen LogP contribution is -2.26. The Labute approximate surface area is 102 Å². The molecular formula is C10H12N6O2. The zero-order chi connectivity index (χ0) is 12.3. The van der Waals surface area contributed by atoms with Gasteiger partial charge in [-0.2, -0.15) is 0 Å². The topological polar surface area (TPSA) is 117 Å². The van der Waals surface area contributed by atoms with E-state index in [-0.39, 0.29) is 24.5 Å². The normalized spacial score (nSPS) is 33.8. The molecule has 8 nitrogen and oxygen atoms in total. The molecular weight excluding hydrogens is 236 g/mol. The Hall–Kier alpha value is -1.77. The van der Waals surface area contributed by atoms with Gasteiger partial charge in [0.15, 0.2) is 17.7 Å². The number of fused-ring (bicyclic) bond motifs is 2. The van der Waals surface area contributed by atoms with Crippen molar-refractivity contribution in [3.8, 4) is 0 Å². The van der Waals surface area contributed by atoms with Gasteiger partial charge in [0.1, 0.15) is 30.2 Å². The maximum atomic E-state index is 5.84. The number of imidazole rings is 1. The number of rotatable bonds is 2. The zero-order valence-electron chi connectivity index (χ0n) is 9.43. The van der Waals surface area contributed by atoms with Crippen LogP contribution < -0.4 is 11.5 Å². The highest BCUT2D eigenvalue weighted by Gasteiger charge is 2.58. The van der Waals surface area contributed by atoms with E-state index in [2.05, 4.69) is 15.0 Å². The predicted octanol–water partition coefficient (Wildman–Crippen LogP) is -0.968. The average molecular weight is 248 g/mol. The van der Waals surface area contributed by atoms with Gasteiger partial charge in [0.05, 0.1) is 6.33 Å². The Bertz CT molecular complexity index is 613. The molecule has 4 atom stereocenters. The molecule has 0 spiro atoms. The van der Waals surface area contributed by atoms with Crippen molar-refractivity contribution in [2.45, 2.75) is 24.5 Å². The van der Waals surface area contributed by atoms with Gasteiger partial charge in [-0.3, -0.25) is 4.57 Å². The van der Waals surface area contributed by atoms with Crippen molar-refractivity contribution in [1.29, 1.82) is 0 Å². The van der Waals surface area contributed by atoms with Crippen LogP contribution in [0.4, 0.5) is 5.82 Å². The standard InChI is InChI=1S/C10H12N6O2/c11-1-4-6-7(18-6)10(17-4)16-3-15-5-8(12)13-2-14-9(5)16/h2-4,6-7,10H,1,11H2,(H2,12,13,14). The molecule has 0 saturated carbocycles. The summed E-state index contributed by atoms with van der Waals surface area (Å²) in [6.07, 6.45) is 2.90. The van der Waals surface area contributed by atoms with Crippen LogP contribution in [0.25, 0.3) is 11.2 Å². The fraction of sp³-hybridized carbons (Fsp3) is 0.500. The highest BCUT2D eigenvalue weighted by molar-refractivity contribution is 5.81. The van der Waals surface area contributed by atoms with E-state index in [0.717, 1.165) is 0 Å². The van der Waals surface area contributed by atoms with Crippen LogP contribution in [-0.4, -0.2) is 44.4 Å². The van der Waals surface area contributed by atoms with Gasteiger partial charge < -0.3 is 20.9 Å². The van der Waals surface area contributed by atoms with E-state index in [9.17, 15) is 0 Å². The molecule has 0 aromatic carbocycles. The lowest BCUT2D eigenvalue weighted by molar-refractivity contribution is -0.0606. The first-order valence-corrected chi connectivity index (χ1v) is 5.73. The third-order valence-electron chi connectivity index (χ3n) is 3.42. The summed E-state index contributed by atoms with van der Waals surface area (Å²) < 4.78 is 13.2. The number of epoxide rings is 1. The number of hydrogen-bond donors (Lipinski definition) is 2. The molecule has 2 aromatic rings. The third kappa shape index (κ3) is 1.22. The van der Waals surface area contributed by atoms with Gasteiger partial charge in [0.2, 0.25) is 0 Å². The first kappa shape index (κ1) is 10.2. The number of nitrogens with zero attached hydrogens (tertiary/aromatic N) is 4. The maximum absolute atomic E-state index is 5.84. The summed E-state index contributed by atoms with van der Waals surface area (Å²) in [5.41, 5.74) is 12.6. The second-order valence-electron chi connectivity index (χ2n) is 4.45. The Kier molecular flexibility index (Phi) is 1.91. The summed E-state index contributed by atoms with van der Waals surface area (Å²) in [6, 6.07) is 0. The molecule has 18 heavy (non-hydrogen) atoms. The molecule has 0 radical (unpaired) electrons. The van der Waals surface area contributed by atoms with Crippen LogP contribution in [0.1, 0.15) is 6.23 Å². The van der Waals surface area contributed by atoms with E-state index < -0.39 is 0 Å². The molecule has 2 aliphatic rings. The SMILES string of the molecule is NCC1OC(n2cnc3c(N)ncnc32)C2OC12. The highest BCUT2D eigenvalue weighted by atomic mass is 16.7. The molecule has 4 heterocycles. The number of nitrogens with two attached hydrogens (primary N) is 2. The van der Waals surface area contributed by atoms with Crippen molar-refractivity contribution in [1.82, 2.24) is 19.5 Å². The fourth-order valence-electron chi connectivity index (χ4n) is 2.47. The lowest BCUT2D eigenvalue weighted by atomic mass is 10.2. The molecule has 2 fully saturated rings. The van der Waals surface area contributed by atoms with Crippen LogP contribution in [0, 0.1) is 0 Å². The van der Waals surface area contributed by atoms with E-state index in [0.29, 0.717) is 23.5 Å². The summed E-state index contributed by atoms with van der Waals surface area (Å²) in [5.74, 6) is 0.361. The summed E-state index contributed by atoms with van der Waals surface area (Å²) in [4.78, 5) is 12.3. The Morgan fingerprint density at radius 1 is 1.22 bits per heavy atom. The molecule has 8 heteroatoms. The zero-order valence-corrected chi connectivity index (χ0v) is 9.43. The number of hydrogen-bond acceptors (Lipinski definition) is 7. The molecule has 0 amide bonds. The Morgan fingerprint density at radius 3 is 2.89 bits per heavy atom. The molecule has 2 saturated heterocycles. The van der Waals surface area contributed by atoms with Crippen molar-refractivity contribution >= 4 is 17.0 Å². The van der Waals surface area contributed by atoms with Crippen LogP contribution in [0.5, 0.6) is 0 Å². The van der Waals surface area contributed by atoms with Gasteiger partial charge in [-0.1, -0.05) is 0 Å². The third-order valence-corrected chi connectivity index (χ3v) is 3.42. The van der Waals surface area contributed by atoms with Crippen LogP contribution >= 0.6 is 0 Å². The van der Waals surface area contributed by atoms with Crippen molar-refractivity contribution in [2.75, 3.05) is 12.3 Å². The van der Waals surface area contributed by atoms with Crippen molar-refractivity contribution in [3.63, 3.8) is 0 Å². The summed E-state index contributed by atoms with van der Waals surface area (Å²) in [6.45, 7) is 0.446. The Morgan fingerprint density at radius 2 is 2.11 bits per heavy atom. The molecule has 0 aliphatic carbocycles. The van der Waals surface area contributed by atoms with Gasteiger partial charge >= 0.3 is 0 Å². The number of aromatic nitrogens is 4. The molecule has 4 unspecified atom stereocenters. The van der Waals surface area contributed by atoms with Crippen LogP contribution in [-0.2, 0) is 9.47 Å². The van der Waals surface area contributed by atoms with Crippen molar-refractivity contribution < 1.29 is 9.47 Å². The maximum Gasteiger partial charge on any atom is 0.167 e.